The first-order valence-electron chi connectivity index (χ1n) is 6.19. The first kappa shape index (κ1) is 19.8. The smallest absolute Gasteiger partial charge is 0.421 e. The summed E-state index contributed by atoms with van der Waals surface area (Å²) < 4.78 is 80.1. The molecule has 136 valence electrons. The zero-order valence-electron chi connectivity index (χ0n) is 12.3. The van der Waals surface area contributed by atoms with E-state index in [1.54, 1.807) is 5.32 Å². The minimum absolute atomic E-state index is 0.378. The van der Waals surface area contributed by atoms with Gasteiger partial charge in [0.1, 0.15) is 5.56 Å². The molecule has 0 fully saturated rings. The number of carbonyl (C=O) groups is 1. The van der Waals surface area contributed by atoms with Gasteiger partial charge < -0.3 is 20.9 Å². The summed E-state index contributed by atoms with van der Waals surface area (Å²) in [7, 11) is 0.865. The van der Waals surface area contributed by atoms with Crippen LogP contribution in [0.1, 0.15) is 23.0 Å². The van der Waals surface area contributed by atoms with Gasteiger partial charge in [-0.25, -0.2) is 4.98 Å². The Labute approximate surface area is 131 Å². The number of aromatic nitrogens is 1. The molecule has 0 aliphatic heterocycles. The van der Waals surface area contributed by atoms with Crippen LogP contribution in [0.5, 0.6) is 5.88 Å². The van der Waals surface area contributed by atoms with Crippen molar-refractivity contribution in [3.05, 3.63) is 17.3 Å². The molecule has 0 aliphatic rings. The predicted octanol–water partition coefficient (Wildman–Crippen LogP) is 1.73. The van der Waals surface area contributed by atoms with Crippen LogP contribution in [0.2, 0.25) is 0 Å². The van der Waals surface area contributed by atoms with Gasteiger partial charge in [-0.1, -0.05) is 0 Å². The summed E-state index contributed by atoms with van der Waals surface area (Å²) in [4.78, 5) is 15.1. The molecule has 1 unspecified atom stereocenters. The molecule has 12 heteroatoms. The molecule has 0 aliphatic carbocycles. The second-order valence-electron chi connectivity index (χ2n) is 4.94. The SMILES string of the molecule is COc1nc(C(=O)NCC(C)(O)C(F)(F)F)c(N)cc1C(F)(F)F. The summed E-state index contributed by atoms with van der Waals surface area (Å²) in [6.07, 6.45) is -9.89. The van der Waals surface area contributed by atoms with Crippen molar-refractivity contribution in [1.29, 1.82) is 0 Å². The number of amides is 1. The number of ether oxygens (including phenoxy) is 1. The van der Waals surface area contributed by atoms with E-state index in [2.05, 4.69) is 9.72 Å². The van der Waals surface area contributed by atoms with E-state index in [1.807, 2.05) is 0 Å². The number of anilines is 1. The van der Waals surface area contributed by atoms with Crippen LogP contribution >= 0.6 is 0 Å². The van der Waals surface area contributed by atoms with Crippen molar-refractivity contribution in [3.8, 4) is 5.88 Å². The van der Waals surface area contributed by atoms with Gasteiger partial charge in [-0.3, -0.25) is 4.79 Å². The molecule has 0 radical (unpaired) electrons. The first-order chi connectivity index (χ1) is 10.7. The second-order valence-corrected chi connectivity index (χ2v) is 4.94. The van der Waals surface area contributed by atoms with E-state index < -0.39 is 53.2 Å². The number of nitrogen functional groups attached to an aromatic ring is 1. The average Bonchev–Trinajstić information content (AvgIpc) is 2.42. The number of hydrogen-bond donors (Lipinski definition) is 3. The first-order valence-corrected chi connectivity index (χ1v) is 6.19. The molecule has 0 spiro atoms. The van der Waals surface area contributed by atoms with Crippen LogP contribution in [0.4, 0.5) is 32.0 Å². The van der Waals surface area contributed by atoms with Crippen molar-refractivity contribution in [3.63, 3.8) is 0 Å². The lowest BCUT2D eigenvalue weighted by atomic mass is 10.1. The third-order valence-electron chi connectivity index (χ3n) is 2.93. The van der Waals surface area contributed by atoms with Crippen molar-refractivity contribution in [2.45, 2.75) is 24.9 Å². The number of rotatable bonds is 4. The van der Waals surface area contributed by atoms with E-state index >= 15 is 0 Å². The fraction of sp³-hybridized carbons (Fsp3) is 0.500. The number of nitrogens with zero attached hydrogens (tertiary/aromatic N) is 1. The third kappa shape index (κ3) is 4.19. The lowest BCUT2D eigenvalue weighted by molar-refractivity contribution is -0.249. The number of halogens is 6. The van der Waals surface area contributed by atoms with Gasteiger partial charge in [-0.15, -0.1) is 0 Å². The molecule has 6 nitrogen and oxygen atoms in total. The molecule has 0 bridgehead atoms. The zero-order chi connectivity index (χ0) is 18.9. The maximum atomic E-state index is 12.7. The van der Waals surface area contributed by atoms with Crippen LogP contribution in [0.25, 0.3) is 0 Å². The van der Waals surface area contributed by atoms with Crippen molar-refractivity contribution < 1.29 is 41.0 Å². The molecule has 1 aromatic heterocycles. The van der Waals surface area contributed by atoms with Crippen LogP contribution < -0.4 is 15.8 Å². The van der Waals surface area contributed by atoms with Gasteiger partial charge in [-0.05, 0) is 13.0 Å². The summed E-state index contributed by atoms with van der Waals surface area (Å²) in [6, 6.07) is 0.378. The molecular formula is C12H13F6N3O3. The second kappa shape index (κ2) is 6.34. The Morgan fingerprint density at radius 3 is 2.29 bits per heavy atom. The van der Waals surface area contributed by atoms with Crippen LogP contribution in [0.15, 0.2) is 6.07 Å². The van der Waals surface area contributed by atoms with Gasteiger partial charge in [-0.2, -0.15) is 26.3 Å². The molecular weight excluding hydrogens is 348 g/mol. The number of nitrogens with one attached hydrogen (secondary N) is 1. The van der Waals surface area contributed by atoms with Crippen molar-refractivity contribution in [2.75, 3.05) is 19.4 Å². The fourth-order valence-corrected chi connectivity index (χ4v) is 1.49. The quantitative estimate of drug-likeness (QED) is 0.710. The van der Waals surface area contributed by atoms with Crippen molar-refractivity contribution in [1.82, 2.24) is 10.3 Å². The summed E-state index contributed by atoms with van der Waals surface area (Å²) in [5.41, 5.74) is -0.766. The fourth-order valence-electron chi connectivity index (χ4n) is 1.49. The topological polar surface area (TPSA) is 97.5 Å². The highest BCUT2D eigenvalue weighted by atomic mass is 19.4. The van der Waals surface area contributed by atoms with Gasteiger partial charge in [0.25, 0.3) is 5.91 Å². The molecule has 4 N–H and O–H groups in total. The van der Waals surface area contributed by atoms with E-state index in [0.717, 1.165) is 7.11 Å². The lowest BCUT2D eigenvalue weighted by Gasteiger charge is -2.26. The summed E-state index contributed by atoms with van der Waals surface area (Å²) in [5.74, 6) is -2.27. The Balaban J connectivity index is 3.09. The Bertz CT molecular complexity index is 628. The number of carbonyl (C=O) groups excluding carboxylic acids is 1. The highest BCUT2D eigenvalue weighted by Gasteiger charge is 2.50. The number of methoxy groups -OCH3 is 1. The zero-order valence-corrected chi connectivity index (χ0v) is 12.3. The number of hydrogen-bond acceptors (Lipinski definition) is 5. The molecule has 1 atom stereocenters. The van der Waals surface area contributed by atoms with E-state index in [4.69, 9.17) is 5.73 Å². The number of pyridine rings is 1. The van der Waals surface area contributed by atoms with Gasteiger partial charge in [0.15, 0.2) is 11.3 Å². The monoisotopic (exact) mass is 361 g/mol. The van der Waals surface area contributed by atoms with Gasteiger partial charge in [0.2, 0.25) is 5.88 Å². The van der Waals surface area contributed by atoms with Gasteiger partial charge >= 0.3 is 12.4 Å². The van der Waals surface area contributed by atoms with Gasteiger partial charge in [0.05, 0.1) is 19.3 Å². The van der Waals surface area contributed by atoms with Crippen LogP contribution in [-0.2, 0) is 6.18 Å². The van der Waals surface area contributed by atoms with E-state index in [9.17, 15) is 36.2 Å². The molecule has 1 heterocycles. The Kier molecular flexibility index (Phi) is 5.23. The summed E-state index contributed by atoms with van der Waals surface area (Å²) in [5, 5.41) is 10.9. The summed E-state index contributed by atoms with van der Waals surface area (Å²) in [6.45, 7) is -0.836. The Morgan fingerprint density at radius 1 is 1.33 bits per heavy atom. The molecule has 0 aromatic carbocycles. The number of aliphatic hydroxyl groups is 1. The van der Waals surface area contributed by atoms with E-state index in [-0.39, 0.29) is 0 Å². The maximum absolute atomic E-state index is 12.7. The molecule has 1 aromatic rings. The molecule has 1 amide bonds. The van der Waals surface area contributed by atoms with E-state index in [0.29, 0.717) is 13.0 Å². The van der Waals surface area contributed by atoms with Crippen LogP contribution in [0.3, 0.4) is 0 Å². The molecule has 0 saturated heterocycles. The predicted molar refractivity (Wildman–Crippen MR) is 69.2 cm³/mol. The highest BCUT2D eigenvalue weighted by Crippen LogP contribution is 2.37. The van der Waals surface area contributed by atoms with Gasteiger partial charge in [0, 0.05) is 0 Å². The Hall–Kier alpha value is -2.24. The third-order valence-corrected chi connectivity index (χ3v) is 2.93. The highest BCUT2D eigenvalue weighted by molar-refractivity contribution is 5.97. The largest absolute Gasteiger partial charge is 0.481 e. The summed E-state index contributed by atoms with van der Waals surface area (Å²) >= 11 is 0. The number of alkyl halides is 6. The minimum atomic E-state index is -5.03. The average molecular weight is 361 g/mol. The van der Waals surface area contributed by atoms with Crippen LogP contribution in [-0.4, -0.2) is 41.4 Å². The molecule has 24 heavy (non-hydrogen) atoms. The normalized spacial score (nSPS) is 14.9. The molecule has 1 rings (SSSR count). The minimum Gasteiger partial charge on any atom is -0.481 e. The van der Waals surface area contributed by atoms with Crippen LogP contribution in [0, 0.1) is 0 Å². The lowest BCUT2D eigenvalue weighted by Crippen LogP contribution is -2.51. The molecule has 0 saturated carbocycles. The maximum Gasteiger partial charge on any atom is 0.421 e. The number of nitrogens with two attached hydrogens (primary N) is 1. The van der Waals surface area contributed by atoms with Crippen molar-refractivity contribution in [2.24, 2.45) is 0 Å². The standard InChI is InChI=1S/C12H13F6N3O3/c1-10(23,12(16,17)18)4-20-8(22)7-6(19)3-5(11(13,14)15)9(21-7)24-2/h3,23H,4,19H2,1-2H3,(H,20,22). The van der Waals surface area contributed by atoms with E-state index in [1.165, 1.54) is 0 Å². The van der Waals surface area contributed by atoms with Crippen molar-refractivity contribution >= 4 is 11.6 Å². The Morgan fingerprint density at radius 2 is 1.88 bits per heavy atom.